The first kappa shape index (κ1) is 27.1. The lowest BCUT2D eigenvalue weighted by molar-refractivity contribution is -0.140. The Bertz CT molecular complexity index is 660. The number of thioether (sulfide) groups is 1. The van der Waals surface area contributed by atoms with Crippen LogP contribution in [0.1, 0.15) is 25.7 Å². The molecule has 3 unspecified atom stereocenters. The third-order valence-electron chi connectivity index (χ3n) is 3.70. The maximum atomic E-state index is 12.6. The SMILES string of the molecule is CSCCC(NC(=O)C(N)CC(N)=O)C(=O)NC(CCC(=O)O)C(=O)NCC(=O)O. The highest BCUT2D eigenvalue weighted by molar-refractivity contribution is 7.98. The molecule has 0 aromatic heterocycles. The molecule has 0 bridgehead atoms. The van der Waals surface area contributed by atoms with E-state index in [1.807, 2.05) is 0 Å². The molecule has 0 rings (SSSR count). The summed E-state index contributed by atoms with van der Waals surface area (Å²) in [7, 11) is 0. The molecule has 0 aliphatic heterocycles. The third-order valence-corrected chi connectivity index (χ3v) is 4.34. The van der Waals surface area contributed by atoms with Crippen LogP contribution in [0.3, 0.4) is 0 Å². The molecule has 0 aliphatic rings. The van der Waals surface area contributed by atoms with Crippen molar-refractivity contribution in [2.24, 2.45) is 11.5 Å². The predicted octanol–water partition coefficient (Wildman–Crippen LogP) is -3.02. The maximum Gasteiger partial charge on any atom is 0.322 e. The van der Waals surface area contributed by atoms with E-state index < -0.39 is 73.1 Å². The second-order valence-corrected chi connectivity index (χ2v) is 7.21. The first-order valence-electron chi connectivity index (χ1n) is 8.82. The normalized spacial score (nSPS) is 13.4. The largest absolute Gasteiger partial charge is 0.481 e. The Morgan fingerprint density at radius 3 is 1.97 bits per heavy atom. The van der Waals surface area contributed by atoms with Gasteiger partial charge in [-0.1, -0.05) is 0 Å². The van der Waals surface area contributed by atoms with Crippen LogP contribution in [0.5, 0.6) is 0 Å². The molecular formula is C16H27N5O8S. The number of primary amides is 1. The Morgan fingerprint density at radius 2 is 1.47 bits per heavy atom. The number of carbonyl (C=O) groups excluding carboxylic acids is 4. The van der Waals surface area contributed by atoms with Gasteiger partial charge in [0.25, 0.3) is 0 Å². The molecule has 0 spiro atoms. The Labute approximate surface area is 176 Å². The minimum atomic E-state index is -1.33. The summed E-state index contributed by atoms with van der Waals surface area (Å²) >= 11 is 1.39. The molecule has 0 aromatic rings. The maximum absolute atomic E-state index is 12.6. The Hall–Kier alpha value is -2.87. The van der Waals surface area contributed by atoms with Crippen LogP contribution in [0.25, 0.3) is 0 Å². The summed E-state index contributed by atoms with van der Waals surface area (Å²) in [6.45, 7) is -0.715. The molecule has 4 amide bonds. The zero-order valence-corrected chi connectivity index (χ0v) is 17.2. The van der Waals surface area contributed by atoms with Gasteiger partial charge < -0.3 is 37.6 Å². The van der Waals surface area contributed by atoms with Crippen molar-refractivity contribution in [3.8, 4) is 0 Å². The van der Waals surface area contributed by atoms with Gasteiger partial charge in [0.05, 0.1) is 12.5 Å². The molecule has 13 nitrogen and oxygen atoms in total. The summed E-state index contributed by atoms with van der Waals surface area (Å²) in [6.07, 6.45) is 0.740. The number of hydrogen-bond donors (Lipinski definition) is 7. The van der Waals surface area contributed by atoms with Crippen molar-refractivity contribution in [1.82, 2.24) is 16.0 Å². The van der Waals surface area contributed by atoms with E-state index >= 15 is 0 Å². The van der Waals surface area contributed by atoms with Crippen molar-refractivity contribution in [2.45, 2.75) is 43.8 Å². The number of aliphatic carboxylic acids is 2. The lowest BCUT2D eigenvalue weighted by atomic mass is 10.1. The van der Waals surface area contributed by atoms with Crippen LogP contribution in [0.15, 0.2) is 0 Å². The number of carboxylic acids is 2. The molecule has 0 aliphatic carbocycles. The quantitative estimate of drug-likeness (QED) is 0.134. The van der Waals surface area contributed by atoms with E-state index in [0.29, 0.717) is 5.75 Å². The lowest BCUT2D eigenvalue weighted by Gasteiger charge is -2.23. The number of carbonyl (C=O) groups is 6. The van der Waals surface area contributed by atoms with Crippen molar-refractivity contribution in [1.29, 1.82) is 0 Å². The summed E-state index contributed by atoms with van der Waals surface area (Å²) in [5.74, 6) is -5.35. The molecule has 0 saturated heterocycles. The van der Waals surface area contributed by atoms with Crippen LogP contribution in [0.4, 0.5) is 0 Å². The highest BCUT2D eigenvalue weighted by Crippen LogP contribution is 2.05. The topological polar surface area (TPSA) is 231 Å². The second-order valence-electron chi connectivity index (χ2n) is 6.22. The summed E-state index contributed by atoms with van der Waals surface area (Å²) in [6, 6.07) is -3.72. The average molecular weight is 449 g/mol. The molecule has 30 heavy (non-hydrogen) atoms. The van der Waals surface area contributed by atoms with E-state index in [2.05, 4.69) is 16.0 Å². The van der Waals surface area contributed by atoms with Crippen LogP contribution in [-0.2, 0) is 28.8 Å². The van der Waals surface area contributed by atoms with Gasteiger partial charge in [-0.25, -0.2) is 0 Å². The second kappa shape index (κ2) is 14.2. The molecule has 170 valence electrons. The monoisotopic (exact) mass is 449 g/mol. The van der Waals surface area contributed by atoms with Gasteiger partial charge >= 0.3 is 11.9 Å². The molecule has 3 atom stereocenters. The van der Waals surface area contributed by atoms with E-state index in [1.54, 1.807) is 6.26 Å². The number of rotatable bonds is 15. The number of hydrogen-bond acceptors (Lipinski definition) is 8. The fourth-order valence-corrected chi connectivity index (χ4v) is 2.66. The van der Waals surface area contributed by atoms with Gasteiger partial charge in [-0.3, -0.25) is 28.8 Å². The molecule has 14 heteroatoms. The summed E-state index contributed by atoms with van der Waals surface area (Å²) in [5, 5.41) is 24.2. The van der Waals surface area contributed by atoms with Gasteiger partial charge in [0, 0.05) is 6.42 Å². The summed E-state index contributed by atoms with van der Waals surface area (Å²) < 4.78 is 0. The molecule has 0 radical (unpaired) electrons. The zero-order chi connectivity index (χ0) is 23.3. The highest BCUT2D eigenvalue weighted by atomic mass is 32.2. The molecule has 9 N–H and O–H groups in total. The molecule has 0 heterocycles. The Balaban J connectivity index is 5.25. The van der Waals surface area contributed by atoms with Gasteiger partial charge in [0.15, 0.2) is 0 Å². The van der Waals surface area contributed by atoms with Crippen LogP contribution in [0, 0.1) is 0 Å². The van der Waals surface area contributed by atoms with Gasteiger partial charge in [0.1, 0.15) is 18.6 Å². The molecular weight excluding hydrogens is 422 g/mol. The first-order chi connectivity index (χ1) is 14.0. The standard InChI is InChI=1S/C16H27N5O8S/c1-30-5-4-10(20-14(27)8(17)6-11(18)22)16(29)21-9(2-3-12(23)24)15(28)19-7-13(25)26/h8-10H,2-7,17H2,1H3,(H2,18,22)(H,19,28)(H,20,27)(H,21,29)(H,23,24)(H,25,26). The van der Waals surface area contributed by atoms with Crippen molar-refractivity contribution < 1.29 is 39.0 Å². The van der Waals surface area contributed by atoms with Crippen LogP contribution in [0.2, 0.25) is 0 Å². The number of amides is 4. The van der Waals surface area contributed by atoms with Gasteiger partial charge in [0.2, 0.25) is 23.6 Å². The van der Waals surface area contributed by atoms with Gasteiger partial charge in [-0.05, 0) is 24.9 Å². The first-order valence-corrected chi connectivity index (χ1v) is 10.2. The highest BCUT2D eigenvalue weighted by Gasteiger charge is 2.28. The van der Waals surface area contributed by atoms with Gasteiger partial charge in [-0.15, -0.1) is 0 Å². The Morgan fingerprint density at radius 1 is 0.900 bits per heavy atom. The third kappa shape index (κ3) is 11.9. The van der Waals surface area contributed by atoms with E-state index in [1.165, 1.54) is 11.8 Å². The minimum Gasteiger partial charge on any atom is -0.481 e. The average Bonchev–Trinajstić information content (AvgIpc) is 2.65. The van der Waals surface area contributed by atoms with Crippen molar-refractivity contribution in [3.63, 3.8) is 0 Å². The van der Waals surface area contributed by atoms with Crippen molar-refractivity contribution in [2.75, 3.05) is 18.6 Å². The van der Waals surface area contributed by atoms with Crippen LogP contribution < -0.4 is 27.4 Å². The van der Waals surface area contributed by atoms with E-state index in [0.717, 1.165) is 0 Å². The summed E-state index contributed by atoms with van der Waals surface area (Å²) in [4.78, 5) is 69.2. The summed E-state index contributed by atoms with van der Waals surface area (Å²) in [5.41, 5.74) is 10.6. The van der Waals surface area contributed by atoms with Crippen LogP contribution in [-0.4, -0.2) is 82.5 Å². The van der Waals surface area contributed by atoms with Crippen LogP contribution >= 0.6 is 11.8 Å². The minimum absolute atomic E-state index is 0.157. The fraction of sp³-hybridized carbons (Fsp3) is 0.625. The fourth-order valence-electron chi connectivity index (χ4n) is 2.19. The Kier molecular flexibility index (Phi) is 12.8. The van der Waals surface area contributed by atoms with E-state index in [4.69, 9.17) is 21.7 Å². The van der Waals surface area contributed by atoms with Crippen molar-refractivity contribution >= 4 is 47.3 Å². The molecule has 0 fully saturated rings. The smallest absolute Gasteiger partial charge is 0.322 e. The molecule has 0 aromatic carbocycles. The van der Waals surface area contributed by atoms with Gasteiger partial charge in [-0.2, -0.15) is 11.8 Å². The predicted molar refractivity (Wildman–Crippen MR) is 106 cm³/mol. The van der Waals surface area contributed by atoms with E-state index in [9.17, 15) is 28.8 Å². The molecule has 0 saturated carbocycles. The number of nitrogens with two attached hydrogens (primary N) is 2. The van der Waals surface area contributed by atoms with E-state index in [-0.39, 0.29) is 12.8 Å². The lowest BCUT2D eigenvalue weighted by Crippen LogP contribution is -2.56. The zero-order valence-electron chi connectivity index (χ0n) is 16.4. The number of carboxylic acid groups (broad SMARTS) is 2. The van der Waals surface area contributed by atoms with Crippen molar-refractivity contribution in [3.05, 3.63) is 0 Å². The number of nitrogens with one attached hydrogen (secondary N) is 3.